The van der Waals surface area contributed by atoms with E-state index < -0.39 is 12.4 Å². The van der Waals surface area contributed by atoms with Gasteiger partial charge in [0.1, 0.15) is 5.75 Å². The van der Waals surface area contributed by atoms with Crippen LogP contribution in [0.4, 0.5) is 4.79 Å². The van der Waals surface area contributed by atoms with Gasteiger partial charge < -0.3 is 19.5 Å². The second kappa shape index (κ2) is 6.88. The van der Waals surface area contributed by atoms with Gasteiger partial charge in [0, 0.05) is 14.2 Å². The van der Waals surface area contributed by atoms with Crippen LogP contribution in [-0.4, -0.2) is 32.6 Å². The number of carbonyl (C=O) groups excluding carboxylic acids is 1. The van der Waals surface area contributed by atoms with Crippen molar-refractivity contribution in [1.82, 2.24) is 5.32 Å². The Bertz CT molecular complexity index is 338. The van der Waals surface area contributed by atoms with Crippen LogP contribution in [0.2, 0.25) is 0 Å². The lowest BCUT2D eigenvalue weighted by atomic mass is 10.3. The van der Waals surface area contributed by atoms with Crippen LogP contribution >= 0.6 is 0 Å². The average molecular weight is 239 g/mol. The van der Waals surface area contributed by atoms with Gasteiger partial charge in [-0.05, 0) is 19.1 Å². The van der Waals surface area contributed by atoms with Crippen LogP contribution in [0.15, 0.2) is 30.3 Å². The Kier molecular flexibility index (Phi) is 5.45. The van der Waals surface area contributed by atoms with Crippen molar-refractivity contribution in [3.05, 3.63) is 30.3 Å². The summed E-state index contributed by atoms with van der Waals surface area (Å²) in [5, 5.41) is 2.62. The lowest BCUT2D eigenvalue weighted by Gasteiger charge is -2.21. The van der Waals surface area contributed by atoms with E-state index >= 15 is 0 Å². The monoisotopic (exact) mass is 239 g/mol. The van der Waals surface area contributed by atoms with Gasteiger partial charge in [-0.2, -0.15) is 0 Å². The second-order valence-corrected chi connectivity index (χ2v) is 3.48. The third-order valence-electron chi connectivity index (χ3n) is 2.17. The van der Waals surface area contributed by atoms with Crippen molar-refractivity contribution >= 4 is 6.09 Å². The molecule has 5 heteroatoms. The molecule has 0 bridgehead atoms. The number of para-hydroxylation sites is 1. The molecular weight excluding hydrogens is 222 g/mol. The maximum atomic E-state index is 11.5. The van der Waals surface area contributed by atoms with Crippen molar-refractivity contribution in [2.75, 3.05) is 14.2 Å². The summed E-state index contributed by atoms with van der Waals surface area (Å²) in [6, 6.07) is 8.53. The topological polar surface area (TPSA) is 56.8 Å². The first-order valence-corrected chi connectivity index (χ1v) is 5.26. The number of carbonyl (C=O) groups is 1. The fourth-order valence-electron chi connectivity index (χ4n) is 1.38. The molecule has 1 rings (SSSR count). The molecule has 0 aromatic heterocycles. The van der Waals surface area contributed by atoms with Crippen LogP contribution in [0.1, 0.15) is 6.92 Å². The predicted molar refractivity (Wildman–Crippen MR) is 62.9 cm³/mol. The molecule has 1 N–H and O–H groups in total. The molecule has 0 saturated carbocycles. The minimum Gasteiger partial charge on any atom is -0.410 e. The number of hydrogen-bond acceptors (Lipinski definition) is 4. The van der Waals surface area contributed by atoms with Gasteiger partial charge in [-0.15, -0.1) is 0 Å². The highest BCUT2D eigenvalue weighted by molar-refractivity contribution is 5.70. The molecule has 0 saturated heterocycles. The van der Waals surface area contributed by atoms with Crippen molar-refractivity contribution in [3.63, 3.8) is 0 Å². The van der Waals surface area contributed by atoms with Crippen molar-refractivity contribution < 1.29 is 19.0 Å². The van der Waals surface area contributed by atoms with Crippen LogP contribution in [0.25, 0.3) is 0 Å². The van der Waals surface area contributed by atoms with Crippen molar-refractivity contribution in [3.8, 4) is 5.75 Å². The molecule has 5 nitrogen and oxygen atoms in total. The lowest BCUT2D eigenvalue weighted by Crippen LogP contribution is -2.44. The first kappa shape index (κ1) is 13.5. The summed E-state index contributed by atoms with van der Waals surface area (Å²) >= 11 is 0. The van der Waals surface area contributed by atoms with Crippen molar-refractivity contribution in [1.29, 1.82) is 0 Å². The molecule has 17 heavy (non-hydrogen) atoms. The van der Waals surface area contributed by atoms with E-state index in [4.69, 9.17) is 14.2 Å². The van der Waals surface area contributed by atoms with E-state index in [1.54, 1.807) is 31.2 Å². The van der Waals surface area contributed by atoms with Gasteiger partial charge in [0.15, 0.2) is 6.29 Å². The smallest absolute Gasteiger partial charge is 0.410 e. The largest absolute Gasteiger partial charge is 0.412 e. The normalized spacial score (nSPS) is 12.2. The molecule has 1 unspecified atom stereocenters. The van der Waals surface area contributed by atoms with Crippen LogP contribution in [0.3, 0.4) is 0 Å². The third-order valence-corrected chi connectivity index (χ3v) is 2.17. The van der Waals surface area contributed by atoms with Gasteiger partial charge in [-0.25, -0.2) is 4.79 Å². The summed E-state index contributed by atoms with van der Waals surface area (Å²) in [6.07, 6.45) is -1.04. The molecular formula is C12H17NO4. The van der Waals surface area contributed by atoms with E-state index in [1.807, 2.05) is 6.07 Å². The molecule has 94 valence electrons. The maximum absolute atomic E-state index is 11.5. The third kappa shape index (κ3) is 4.42. The van der Waals surface area contributed by atoms with E-state index in [0.717, 1.165) is 0 Å². The minimum atomic E-state index is -0.539. The van der Waals surface area contributed by atoms with E-state index in [0.29, 0.717) is 5.75 Å². The van der Waals surface area contributed by atoms with Gasteiger partial charge in [-0.3, -0.25) is 0 Å². The Morgan fingerprint density at radius 2 is 1.76 bits per heavy atom. The molecule has 0 aliphatic rings. The van der Waals surface area contributed by atoms with Gasteiger partial charge in [0.2, 0.25) is 0 Å². The Balaban J connectivity index is 2.44. The van der Waals surface area contributed by atoms with Crippen LogP contribution in [0, 0.1) is 0 Å². The number of nitrogens with one attached hydrogen (secondary N) is 1. The van der Waals surface area contributed by atoms with Crippen molar-refractivity contribution in [2.24, 2.45) is 0 Å². The molecule has 1 aromatic carbocycles. The quantitative estimate of drug-likeness (QED) is 0.796. The summed E-state index contributed by atoms with van der Waals surface area (Å²) in [6.45, 7) is 1.77. The lowest BCUT2D eigenvalue weighted by molar-refractivity contribution is -0.117. The van der Waals surface area contributed by atoms with Crippen molar-refractivity contribution in [2.45, 2.75) is 19.3 Å². The zero-order chi connectivity index (χ0) is 12.7. The molecule has 0 spiro atoms. The van der Waals surface area contributed by atoms with Crippen LogP contribution < -0.4 is 10.1 Å². The van der Waals surface area contributed by atoms with Gasteiger partial charge in [0.05, 0.1) is 6.04 Å². The van der Waals surface area contributed by atoms with E-state index in [1.165, 1.54) is 14.2 Å². The number of benzene rings is 1. The zero-order valence-electron chi connectivity index (χ0n) is 10.2. The summed E-state index contributed by atoms with van der Waals surface area (Å²) < 4.78 is 15.1. The Hall–Kier alpha value is -1.59. The molecule has 0 aliphatic heterocycles. The number of amides is 1. The molecule has 1 aromatic rings. The molecule has 1 atom stereocenters. The van der Waals surface area contributed by atoms with Crippen LogP contribution in [-0.2, 0) is 9.47 Å². The zero-order valence-corrected chi connectivity index (χ0v) is 10.2. The first-order chi connectivity index (χ1) is 8.17. The van der Waals surface area contributed by atoms with E-state index in [-0.39, 0.29) is 6.04 Å². The number of rotatable bonds is 5. The summed E-state index contributed by atoms with van der Waals surface area (Å²) in [4.78, 5) is 11.5. The molecule has 0 fully saturated rings. The van der Waals surface area contributed by atoms with Crippen LogP contribution in [0.5, 0.6) is 5.75 Å². The summed E-state index contributed by atoms with van der Waals surface area (Å²) in [5.74, 6) is 0.489. The molecule has 0 radical (unpaired) electrons. The Labute approximate surface area is 101 Å². The van der Waals surface area contributed by atoms with Gasteiger partial charge in [0.25, 0.3) is 0 Å². The Morgan fingerprint density at radius 1 is 1.18 bits per heavy atom. The van der Waals surface area contributed by atoms with Gasteiger partial charge in [-0.1, -0.05) is 18.2 Å². The highest BCUT2D eigenvalue weighted by atomic mass is 16.7. The predicted octanol–water partition coefficient (Wildman–Crippen LogP) is 1.78. The SMILES string of the molecule is COC(OC)C(C)NC(=O)Oc1ccccc1. The average Bonchev–Trinajstić information content (AvgIpc) is 2.31. The summed E-state index contributed by atoms with van der Waals surface area (Å²) in [5.41, 5.74) is 0. The number of ether oxygens (including phenoxy) is 3. The number of methoxy groups -OCH3 is 2. The summed E-state index contributed by atoms with van der Waals surface area (Å²) in [7, 11) is 3.02. The standard InChI is InChI=1S/C12H17NO4/c1-9(11(15-2)16-3)13-12(14)17-10-7-5-4-6-8-10/h4-9,11H,1-3H3,(H,13,14). The maximum Gasteiger partial charge on any atom is 0.412 e. The Morgan fingerprint density at radius 3 is 2.29 bits per heavy atom. The van der Waals surface area contributed by atoms with Gasteiger partial charge >= 0.3 is 6.09 Å². The molecule has 0 heterocycles. The highest BCUT2D eigenvalue weighted by Crippen LogP contribution is 2.08. The fourth-order valence-corrected chi connectivity index (χ4v) is 1.38. The minimum absolute atomic E-state index is 0.304. The second-order valence-electron chi connectivity index (χ2n) is 3.48. The van der Waals surface area contributed by atoms with E-state index in [2.05, 4.69) is 5.32 Å². The molecule has 1 amide bonds. The highest BCUT2D eigenvalue weighted by Gasteiger charge is 2.18. The fraction of sp³-hybridized carbons (Fsp3) is 0.417. The number of hydrogen-bond donors (Lipinski definition) is 1. The first-order valence-electron chi connectivity index (χ1n) is 5.26. The van der Waals surface area contributed by atoms with E-state index in [9.17, 15) is 4.79 Å². The molecule has 0 aliphatic carbocycles.